The highest BCUT2D eigenvalue weighted by molar-refractivity contribution is 7.92. The normalized spacial score (nSPS) is 11.2. The fourth-order valence-corrected chi connectivity index (χ4v) is 4.01. The molecule has 2 N–H and O–H groups in total. The maximum Gasteiger partial charge on any atom is 0.291 e. The predicted molar refractivity (Wildman–Crippen MR) is 103 cm³/mol. The third-order valence-corrected chi connectivity index (χ3v) is 5.53. The van der Waals surface area contributed by atoms with Crippen LogP contribution in [0.25, 0.3) is 0 Å². The second-order valence-corrected chi connectivity index (χ2v) is 7.98. The summed E-state index contributed by atoms with van der Waals surface area (Å²) in [7, 11) is -4.11. The highest BCUT2D eigenvalue weighted by Crippen LogP contribution is 2.30. The van der Waals surface area contributed by atoms with Gasteiger partial charge in [0.1, 0.15) is 10.0 Å². The van der Waals surface area contributed by atoms with E-state index in [9.17, 15) is 13.2 Å². The zero-order valence-corrected chi connectivity index (χ0v) is 16.3. The summed E-state index contributed by atoms with van der Waals surface area (Å²) in [6, 6.07) is 9.77. The average molecular weight is 447 g/mol. The van der Waals surface area contributed by atoms with Gasteiger partial charge in [-0.05, 0) is 42.5 Å². The number of aromatic nitrogens is 1. The van der Waals surface area contributed by atoms with Gasteiger partial charge in [0.05, 0.1) is 17.6 Å². The Morgan fingerprint density at radius 3 is 2.48 bits per heavy atom. The maximum absolute atomic E-state index is 12.6. The Morgan fingerprint density at radius 1 is 1.04 bits per heavy atom. The number of amides is 1. The molecule has 2 aromatic heterocycles. The number of carbonyl (C=O) groups is 1. The van der Waals surface area contributed by atoms with Crippen LogP contribution in [0.4, 0.5) is 11.4 Å². The van der Waals surface area contributed by atoms with Crippen LogP contribution in [0.15, 0.2) is 58.0 Å². The van der Waals surface area contributed by atoms with Crippen LogP contribution in [0.3, 0.4) is 0 Å². The van der Waals surface area contributed by atoms with Crippen LogP contribution < -0.4 is 10.0 Å². The fraction of sp³-hybridized carbons (Fsp3) is 0. The van der Waals surface area contributed by atoms with Crippen LogP contribution in [0.2, 0.25) is 15.3 Å². The summed E-state index contributed by atoms with van der Waals surface area (Å²) in [5.41, 5.74) is 0.204. The molecule has 0 aliphatic heterocycles. The first-order valence-electron chi connectivity index (χ1n) is 7.25. The molecular weight excluding hydrogens is 437 g/mol. The molecule has 0 saturated carbocycles. The summed E-state index contributed by atoms with van der Waals surface area (Å²) in [5.74, 6) is -0.525. The Balaban J connectivity index is 1.93. The minimum atomic E-state index is -4.11. The van der Waals surface area contributed by atoms with E-state index in [2.05, 4.69) is 15.0 Å². The molecule has 3 rings (SSSR count). The van der Waals surface area contributed by atoms with Crippen LogP contribution in [0, 0.1) is 0 Å². The number of anilines is 2. The van der Waals surface area contributed by atoms with Crippen LogP contribution in [-0.2, 0) is 10.0 Å². The third-order valence-electron chi connectivity index (χ3n) is 3.29. The molecule has 0 aliphatic rings. The SMILES string of the molecule is O=C(Nc1cc(Cl)ccc1NS(=O)(=O)c1ccc(Cl)nc1Cl)c1ccco1. The van der Waals surface area contributed by atoms with Gasteiger partial charge in [-0.3, -0.25) is 9.52 Å². The largest absolute Gasteiger partial charge is 0.459 e. The van der Waals surface area contributed by atoms with Crippen molar-refractivity contribution in [3.63, 3.8) is 0 Å². The van der Waals surface area contributed by atoms with E-state index in [1.807, 2.05) is 0 Å². The Hall–Kier alpha value is -2.26. The lowest BCUT2D eigenvalue weighted by atomic mass is 10.2. The lowest BCUT2D eigenvalue weighted by Gasteiger charge is -2.14. The first-order valence-corrected chi connectivity index (χ1v) is 9.87. The molecule has 0 saturated heterocycles. The molecule has 0 atom stereocenters. The van der Waals surface area contributed by atoms with E-state index in [1.165, 1.54) is 42.7 Å². The summed E-state index contributed by atoms with van der Waals surface area (Å²) in [6.07, 6.45) is 1.34. The number of hydrogen-bond acceptors (Lipinski definition) is 5. The Labute approximate surface area is 169 Å². The molecule has 2 heterocycles. The molecular formula is C16H10Cl3N3O4S. The highest BCUT2D eigenvalue weighted by atomic mass is 35.5. The van der Waals surface area contributed by atoms with Gasteiger partial charge in [-0.15, -0.1) is 0 Å². The van der Waals surface area contributed by atoms with E-state index in [4.69, 9.17) is 39.2 Å². The van der Waals surface area contributed by atoms with Gasteiger partial charge in [0.2, 0.25) is 0 Å². The molecule has 7 nitrogen and oxygen atoms in total. The van der Waals surface area contributed by atoms with Crippen molar-refractivity contribution in [2.24, 2.45) is 0 Å². The highest BCUT2D eigenvalue weighted by Gasteiger charge is 2.22. The lowest BCUT2D eigenvalue weighted by Crippen LogP contribution is -2.17. The van der Waals surface area contributed by atoms with Gasteiger partial charge in [-0.1, -0.05) is 34.8 Å². The van der Waals surface area contributed by atoms with Gasteiger partial charge in [0, 0.05) is 5.02 Å². The first-order chi connectivity index (χ1) is 12.8. The van der Waals surface area contributed by atoms with Gasteiger partial charge in [0.25, 0.3) is 15.9 Å². The average Bonchev–Trinajstić information content (AvgIpc) is 3.11. The van der Waals surface area contributed by atoms with Crippen LogP contribution in [0.5, 0.6) is 0 Å². The second kappa shape index (κ2) is 7.77. The van der Waals surface area contributed by atoms with Crippen LogP contribution in [0.1, 0.15) is 10.6 Å². The van der Waals surface area contributed by atoms with E-state index < -0.39 is 15.9 Å². The van der Waals surface area contributed by atoms with E-state index in [0.29, 0.717) is 5.02 Å². The van der Waals surface area contributed by atoms with Gasteiger partial charge in [-0.2, -0.15) is 0 Å². The number of nitrogens with zero attached hydrogens (tertiary/aromatic N) is 1. The van der Waals surface area contributed by atoms with Crippen molar-refractivity contribution in [2.75, 3.05) is 10.0 Å². The van der Waals surface area contributed by atoms with E-state index in [-0.39, 0.29) is 32.3 Å². The standard InChI is InChI=1S/C16H10Cl3N3O4S/c17-9-3-4-10(11(8-9)20-16(23)12-2-1-7-26-12)22-27(24,25)13-5-6-14(18)21-15(13)19/h1-8,22H,(H,20,23). The quantitative estimate of drug-likeness (QED) is 0.554. The van der Waals surface area contributed by atoms with Gasteiger partial charge < -0.3 is 9.73 Å². The number of pyridine rings is 1. The van der Waals surface area contributed by atoms with Crippen molar-refractivity contribution in [3.05, 3.63) is 69.8 Å². The Bertz CT molecular complexity index is 1100. The number of halogens is 3. The summed E-state index contributed by atoms with van der Waals surface area (Å²) >= 11 is 17.5. The Kier molecular flexibility index (Phi) is 5.61. The second-order valence-electron chi connectivity index (χ2n) is 5.15. The minimum absolute atomic E-state index is 0.0497. The summed E-state index contributed by atoms with van der Waals surface area (Å²) in [5, 5.41) is 2.59. The lowest BCUT2D eigenvalue weighted by molar-refractivity contribution is 0.0996. The molecule has 1 aromatic carbocycles. The number of nitrogens with one attached hydrogen (secondary N) is 2. The molecule has 3 aromatic rings. The van der Waals surface area contributed by atoms with Crippen molar-refractivity contribution < 1.29 is 17.6 Å². The predicted octanol–water partition coefficient (Wildman–Crippen LogP) is 4.69. The molecule has 27 heavy (non-hydrogen) atoms. The van der Waals surface area contributed by atoms with Crippen molar-refractivity contribution in [1.82, 2.24) is 4.98 Å². The molecule has 0 aliphatic carbocycles. The Morgan fingerprint density at radius 2 is 1.81 bits per heavy atom. The van der Waals surface area contributed by atoms with Gasteiger partial charge in [-0.25, -0.2) is 13.4 Å². The van der Waals surface area contributed by atoms with Crippen LogP contribution >= 0.6 is 34.8 Å². The maximum atomic E-state index is 12.6. The summed E-state index contributed by atoms with van der Waals surface area (Å²) in [4.78, 5) is 15.6. The summed E-state index contributed by atoms with van der Waals surface area (Å²) < 4.78 is 32.6. The number of carbonyl (C=O) groups excluding carboxylic acids is 1. The van der Waals surface area contributed by atoms with E-state index in [0.717, 1.165) is 0 Å². The first kappa shape index (κ1) is 19.5. The number of hydrogen-bond donors (Lipinski definition) is 2. The zero-order chi connectivity index (χ0) is 19.6. The fourth-order valence-electron chi connectivity index (χ4n) is 2.10. The third kappa shape index (κ3) is 4.54. The molecule has 1 amide bonds. The minimum Gasteiger partial charge on any atom is -0.459 e. The number of furan rings is 1. The molecule has 0 bridgehead atoms. The number of benzene rings is 1. The van der Waals surface area contributed by atoms with Crippen molar-refractivity contribution in [3.8, 4) is 0 Å². The van der Waals surface area contributed by atoms with Crippen molar-refractivity contribution >= 4 is 62.1 Å². The number of rotatable bonds is 5. The number of sulfonamides is 1. The van der Waals surface area contributed by atoms with Crippen molar-refractivity contribution in [1.29, 1.82) is 0 Å². The van der Waals surface area contributed by atoms with E-state index >= 15 is 0 Å². The molecule has 11 heteroatoms. The summed E-state index contributed by atoms with van der Waals surface area (Å²) in [6.45, 7) is 0. The van der Waals surface area contributed by atoms with Gasteiger partial charge >= 0.3 is 0 Å². The molecule has 0 radical (unpaired) electrons. The molecule has 140 valence electrons. The van der Waals surface area contributed by atoms with Crippen LogP contribution in [-0.4, -0.2) is 19.3 Å². The topological polar surface area (TPSA) is 101 Å². The van der Waals surface area contributed by atoms with Crippen molar-refractivity contribution in [2.45, 2.75) is 4.90 Å². The van der Waals surface area contributed by atoms with Gasteiger partial charge in [0.15, 0.2) is 10.9 Å². The monoisotopic (exact) mass is 445 g/mol. The molecule has 0 fully saturated rings. The molecule has 0 unspecified atom stereocenters. The smallest absolute Gasteiger partial charge is 0.291 e. The van der Waals surface area contributed by atoms with E-state index in [1.54, 1.807) is 6.07 Å². The zero-order valence-electron chi connectivity index (χ0n) is 13.2. The molecule has 0 spiro atoms.